The molecule has 4 aliphatic carbocycles. The first-order chi connectivity index (χ1) is 55.9. The van der Waals surface area contributed by atoms with Gasteiger partial charge in [0, 0.05) is 21.5 Å². The molecule has 17 aromatic carbocycles. The summed E-state index contributed by atoms with van der Waals surface area (Å²) >= 11 is 3.57. The number of anilines is 3. The highest BCUT2D eigenvalue weighted by Gasteiger charge is 2.52. The van der Waals surface area contributed by atoms with Crippen LogP contribution in [0, 0.1) is 5.92 Å². The van der Waals surface area contributed by atoms with Gasteiger partial charge in [-0.1, -0.05) is 410 Å². The van der Waals surface area contributed by atoms with Gasteiger partial charge in [0.15, 0.2) is 0 Å². The Hall–Kier alpha value is -13.5. The van der Waals surface area contributed by atoms with E-state index in [0.29, 0.717) is 5.92 Å². The zero-order chi connectivity index (χ0) is 75.5. The van der Waals surface area contributed by atoms with E-state index in [0.717, 1.165) is 34.4 Å². The third-order valence-corrected chi connectivity index (χ3v) is 24.0. The van der Waals surface area contributed by atoms with Gasteiger partial charge in [-0.2, -0.15) is 0 Å². The van der Waals surface area contributed by atoms with Gasteiger partial charge in [-0.25, -0.2) is 0 Å². The maximum atomic E-state index is 3.57. The highest BCUT2D eigenvalue weighted by Crippen LogP contribution is 2.64. The lowest BCUT2D eigenvalue weighted by molar-refractivity contribution is 0.457. The molecule has 0 saturated heterocycles. The highest BCUT2D eigenvalue weighted by molar-refractivity contribution is 9.10. The molecule has 113 heavy (non-hydrogen) atoms. The van der Waals surface area contributed by atoms with Gasteiger partial charge in [0.2, 0.25) is 0 Å². The van der Waals surface area contributed by atoms with Gasteiger partial charge in [-0.05, 0) is 230 Å². The number of allylic oxidation sites excluding steroid dienone is 4. The SMILES string of the molecule is Brc1ccc(-c2ccc3c(c2)C(c2ccccc2)(C2C=CC=CC2)c2ccccc2-3)cc1.c1ccc(-c2ccc(Cc3ccc(-c4ccccc4)cc3)cc2)cc1.c1ccc(-c2ccc(N(c3ccc(-c4ccccc4)cc3)c3ccc(-c4ccc5c(c4)C4(c6ccccc6-c6ccccc64)c4ccccc4-5)cc3)cc2)cc1. The lowest BCUT2D eigenvalue weighted by Gasteiger charge is -2.39. The largest absolute Gasteiger partial charge is 0.311 e. The van der Waals surface area contributed by atoms with Crippen LogP contribution < -0.4 is 4.90 Å². The Morgan fingerprint density at radius 2 is 0.540 bits per heavy atom. The molecule has 0 N–H and O–H groups in total. The van der Waals surface area contributed by atoms with Crippen molar-refractivity contribution in [2.45, 2.75) is 23.7 Å². The van der Waals surface area contributed by atoms with Gasteiger partial charge < -0.3 is 4.90 Å². The van der Waals surface area contributed by atoms with Crippen LogP contribution in [0.2, 0.25) is 0 Å². The van der Waals surface area contributed by atoms with Gasteiger partial charge in [0.1, 0.15) is 0 Å². The van der Waals surface area contributed by atoms with Crippen LogP contribution in [0.4, 0.5) is 17.1 Å². The number of hydrogen-bond donors (Lipinski definition) is 0. The van der Waals surface area contributed by atoms with Gasteiger partial charge in [-0.15, -0.1) is 0 Å². The summed E-state index contributed by atoms with van der Waals surface area (Å²) in [6.45, 7) is 0. The minimum absolute atomic E-state index is 0.209. The van der Waals surface area contributed by atoms with Gasteiger partial charge >= 0.3 is 0 Å². The molecule has 1 spiro atoms. The first-order valence-electron chi connectivity index (χ1n) is 39.3. The average molecular weight is 1510 g/mol. The fourth-order valence-corrected chi connectivity index (χ4v) is 18.4. The first-order valence-corrected chi connectivity index (χ1v) is 40.1. The van der Waals surface area contributed by atoms with Crippen molar-refractivity contribution in [3.8, 4) is 100 Å². The summed E-state index contributed by atoms with van der Waals surface area (Å²) in [5.74, 6) is 0.359. The van der Waals surface area contributed by atoms with Crippen molar-refractivity contribution >= 4 is 33.0 Å². The van der Waals surface area contributed by atoms with E-state index >= 15 is 0 Å². The average Bonchev–Trinajstić information content (AvgIpc) is 1.51. The van der Waals surface area contributed by atoms with Crippen molar-refractivity contribution in [2.24, 2.45) is 5.92 Å². The van der Waals surface area contributed by atoms with Crippen LogP contribution in [0.3, 0.4) is 0 Å². The minimum atomic E-state index is -0.357. The lowest BCUT2D eigenvalue weighted by Crippen LogP contribution is -2.35. The summed E-state index contributed by atoms with van der Waals surface area (Å²) in [5, 5.41) is 0. The highest BCUT2D eigenvalue weighted by atomic mass is 79.9. The number of hydrogen-bond acceptors (Lipinski definition) is 1. The smallest absolute Gasteiger partial charge is 0.0725 e. The van der Waals surface area contributed by atoms with Crippen LogP contribution in [-0.2, 0) is 17.3 Å². The molecule has 0 bridgehead atoms. The second kappa shape index (κ2) is 30.8. The number of fused-ring (bicyclic) bond motifs is 13. The van der Waals surface area contributed by atoms with Crippen molar-refractivity contribution in [3.63, 3.8) is 0 Å². The Labute approximate surface area is 672 Å². The van der Waals surface area contributed by atoms with Crippen molar-refractivity contribution in [3.05, 3.63) is 510 Å². The Morgan fingerprint density at radius 3 is 0.929 bits per heavy atom. The number of rotatable bonds is 13. The molecule has 536 valence electrons. The summed E-state index contributed by atoms with van der Waals surface area (Å²) in [4.78, 5) is 2.36. The fraction of sp³-hybridized carbons (Fsp3) is 0.0450. The van der Waals surface area contributed by atoms with Crippen LogP contribution in [0.5, 0.6) is 0 Å². The molecule has 1 nitrogen and oxygen atoms in total. The minimum Gasteiger partial charge on any atom is -0.311 e. The normalized spacial score (nSPS) is 14.5. The van der Waals surface area contributed by atoms with Crippen LogP contribution in [0.15, 0.2) is 459 Å². The van der Waals surface area contributed by atoms with Crippen molar-refractivity contribution < 1.29 is 0 Å². The van der Waals surface area contributed by atoms with Gasteiger partial charge in [-0.3, -0.25) is 0 Å². The molecule has 0 amide bonds. The zero-order valence-electron chi connectivity index (χ0n) is 62.6. The van der Waals surface area contributed by atoms with E-state index < -0.39 is 0 Å². The maximum absolute atomic E-state index is 3.57. The quantitative estimate of drug-likeness (QED) is 0.111. The second-order valence-corrected chi connectivity index (χ2v) is 30.7. The molecular weight excluding hydrogens is 1430 g/mol. The number of benzene rings is 17. The van der Waals surface area contributed by atoms with Crippen LogP contribution in [-0.4, -0.2) is 0 Å². The molecule has 0 saturated carbocycles. The Morgan fingerprint density at radius 1 is 0.248 bits per heavy atom. The van der Waals surface area contributed by atoms with E-state index in [1.165, 1.54) is 150 Å². The Kier molecular flexibility index (Phi) is 19.0. The third kappa shape index (κ3) is 13.1. The predicted octanol–water partition coefficient (Wildman–Crippen LogP) is 29.7. The molecule has 0 heterocycles. The molecule has 4 aliphatic rings. The maximum Gasteiger partial charge on any atom is 0.0725 e. The molecule has 2 heteroatoms. The summed E-state index contributed by atoms with van der Waals surface area (Å²) < 4.78 is 1.10. The molecule has 0 radical (unpaired) electrons. The van der Waals surface area contributed by atoms with E-state index in [9.17, 15) is 0 Å². The van der Waals surface area contributed by atoms with Gasteiger partial charge in [0.05, 0.1) is 10.8 Å². The molecular formula is C111H80BrN. The number of halogens is 1. The molecule has 0 aromatic heterocycles. The third-order valence-electron chi connectivity index (χ3n) is 23.5. The van der Waals surface area contributed by atoms with Crippen LogP contribution >= 0.6 is 15.9 Å². The van der Waals surface area contributed by atoms with Crippen LogP contribution in [0.1, 0.15) is 56.5 Å². The summed E-state index contributed by atoms with van der Waals surface area (Å²) in [6, 6.07) is 157. The van der Waals surface area contributed by atoms with E-state index in [-0.39, 0.29) is 10.8 Å². The first kappa shape index (κ1) is 69.9. The molecule has 2 atom stereocenters. The molecule has 2 unspecified atom stereocenters. The van der Waals surface area contributed by atoms with E-state index in [1.54, 1.807) is 0 Å². The van der Waals surface area contributed by atoms with Crippen molar-refractivity contribution in [1.82, 2.24) is 0 Å². The standard InChI is InChI=1S/C55H37N.C31H23Br.C25H20/c1-3-13-38(14-4-1)40-23-30-44(31-24-40)56(45-32-25-41(26-33-45)39-15-5-2-6-16-39)46-34-27-42(28-35-46)43-29-36-50-49-19-9-12-22-53(49)55(54(50)37-43)51-20-10-7-17-47(51)48-18-8-11-21-52(48)55;32-26-18-15-22(16-19-26)23-17-20-28-27-13-7-8-14-29(27)31(30(28)21-23,24-9-3-1-4-10-24)25-11-5-2-6-12-25;1-3-7-22(8-4-1)24-15-11-20(12-16-24)19-21-13-17-25(18-14-21)23-9-5-2-6-10-23/h1-37H;1-11,13-21,25H,12H2;1-18H,19H2. The molecule has 0 aliphatic heterocycles. The van der Waals surface area contributed by atoms with Gasteiger partial charge in [0.25, 0.3) is 0 Å². The molecule has 21 rings (SSSR count). The number of nitrogens with zero attached hydrogens (tertiary/aromatic N) is 1. The lowest BCUT2D eigenvalue weighted by atomic mass is 9.62. The zero-order valence-corrected chi connectivity index (χ0v) is 64.2. The summed E-state index contributed by atoms with van der Waals surface area (Å²) in [7, 11) is 0. The van der Waals surface area contributed by atoms with Crippen molar-refractivity contribution in [1.29, 1.82) is 0 Å². The molecule has 17 aromatic rings. The Bertz CT molecular complexity index is 6060. The van der Waals surface area contributed by atoms with Crippen molar-refractivity contribution in [2.75, 3.05) is 4.90 Å². The van der Waals surface area contributed by atoms with E-state index in [1.807, 2.05) is 0 Å². The fourth-order valence-electron chi connectivity index (χ4n) is 18.2. The Balaban J connectivity index is 0.000000127. The predicted molar refractivity (Wildman–Crippen MR) is 478 cm³/mol. The van der Waals surface area contributed by atoms with E-state index in [2.05, 4.69) is 476 Å². The monoisotopic (exact) mass is 1510 g/mol. The summed E-state index contributed by atoms with van der Waals surface area (Å²) in [6.07, 6.45) is 11.1. The molecule has 0 fully saturated rings. The van der Waals surface area contributed by atoms with E-state index in [4.69, 9.17) is 0 Å². The summed E-state index contributed by atoms with van der Waals surface area (Å²) in [5.41, 5.74) is 37.9. The second-order valence-electron chi connectivity index (χ2n) is 29.8. The topological polar surface area (TPSA) is 3.24 Å². The van der Waals surface area contributed by atoms with Crippen LogP contribution in [0.25, 0.3) is 100 Å².